The van der Waals surface area contributed by atoms with Crippen molar-refractivity contribution < 1.29 is 4.74 Å². The molecule has 0 spiro atoms. The summed E-state index contributed by atoms with van der Waals surface area (Å²) in [5.74, 6) is 0.943. The van der Waals surface area contributed by atoms with Crippen LogP contribution in [0.15, 0.2) is 12.1 Å². The second kappa shape index (κ2) is 6.27. The molecule has 1 aromatic rings. The van der Waals surface area contributed by atoms with Gasteiger partial charge in [0.15, 0.2) is 0 Å². The minimum absolute atomic E-state index is 0.465. The summed E-state index contributed by atoms with van der Waals surface area (Å²) in [6.45, 7) is 5.53. The highest BCUT2D eigenvalue weighted by atomic mass is 16.5. The smallest absolute Gasteiger partial charge is 0.122 e. The summed E-state index contributed by atoms with van der Waals surface area (Å²) in [6.07, 6.45) is 0.905. The molecule has 1 rings (SSSR count). The van der Waals surface area contributed by atoms with E-state index in [4.69, 9.17) is 10.00 Å². The van der Waals surface area contributed by atoms with Crippen molar-refractivity contribution in [1.29, 1.82) is 5.26 Å². The van der Waals surface area contributed by atoms with Gasteiger partial charge in [-0.3, -0.25) is 4.90 Å². The van der Waals surface area contributed by atoms with Crippen LogP contribution < -0.4 is 4.74 Å². The molecule has 0 amide bonds. The van der Waals surface area contributed by atoms with E-state index in [0.717, 1.165) is 18.7 Å². The molecular formula is C14H20N2O. The topological polar surface area (TPSA) is 36.3 Å². The maximum atomic E-state index is 8.60. The number of methoxy groups -OCH3 is 1. The molecule has 0 unspecified atom stereocenters. The van der Waals surface area contributed by atoms with Crippen LogP contribution in [-0.4, -0.2) is 32.1 Å². The summed E-state index contributed by atoms with van der Waals surface area (Å²) >= 11 is 0. The van der Waals surface area contributed by atoms with Crippen LogP contribution in [0.25, 0.3) is 0 Å². The van der Waals surface area contributed by atoms with Gasteiger partial charge in [0, 0.05) is 6.54 Å². The largest absolute Gasteiger partial charge is 0.496 e. The van der Waals surface area contributed by atoms with Crippen molar-refractivity contribution >= 4 is 0 Å². The Morgan fingerprint density at radius 3 is 2.53 bits per heavy atom. The van der Waals surface area contributed by atoms with E-state index in [2.05, 4.69) is 32.0 Å². The van der Waals surface area contributed by atoms with Gasteiger partial charge in [0.05, 0.1) is 19.7 Å². The fourth-order valence-corrected chi connectivity index (χ4v) is 1.75. The molecule has 0 fully saturated rings. The first kappa shape index (κ1) is 13.5. The van der Waals surface area contributed by atoms with Crippen LogP contribution in [0.2, 0.25) is 0 Å². The highest BCUT2D eigenvalue weighted by Gasteiger charge is 2.07. The number of hydrogen-bond donors (Lipinski definition) is 0. The van der Waals surface area contributed by atoms with Crippen LogP contribution in [0.1, 0.15) is 16.7 Å². The van der Waals surface area contributed by atoms with E-state index in [0.29, 0.717) is 6.54 Å². The summed E-state index contributed by atoms with van der Waals surface area (Å²) in [5.41, 5.74) is 3.74. The summed E-state index contributed by atoms with van der Waals surface area (Å²) in [5, 5.41) is 8.60. The van der Waals surface area contributed by atoms with E-state index in [1.54, 1.807) is 7.11 Å². The molecular weight excluding hydrogens is 212 g/mol. The lowest BCUT2D eigenvalue weighted by atomic mass is 10.0. The SMILES string of the molecule is COc1cc(C)c(C)cc1CCN(C)CC#N. The van der Waals surface area contributed by atoms with Crippen molar-refractivity contribution in [1.82, 2.24) is 4.90 Å². The predicted molar refractivity (Wildman–Crippen MR) is 69.3 cm³/mol. The standard InChI is InChI=1S/C14H20N2O/c1-11-9-13(5-7-16(3)8-6-15)14(17-4)10-12(11)2/h9-10H,5,7-8H2,1-4H3. The van der Waals surface area contributed by atoms with Crippen molar-refractivity contribution in [2.75, 3.05) is 27.2 Å². The van der Waals surface area contributed by atoms with Gasteiger partial charge in [-0.1, -0.05) is 6.07 Å². The first-order valence-corrected chi connectivity index (χ1v) is 5.78. The molecule has 0 bridgehead atoms. The highest BCUT2D eigenvalue weighted by Crippen LogP contribution is 2.23. The first-order chi connectivity index (χ1) is 8.08. The van der Waals surface area contributed by atoms with Gasteiger partial charge in [-0.15, -0.1) is 0 Å². The zero-order valence-electron chi connectivity index (χ0n) is 11.1. The van der Waals surface area contributed by atoms with Gasteiger partial charge in [-0.25, -0.2) is 0 Å². The van der Waals surface area contributed by atoms with E-state index in [-0.39, 0.29) is 0 Å². The molecule has 0 atom stereocenters. The van der Waals surface area contributed by atoms with Gasteiger partial charge < -0.3 is 4.74 Å². The van der Waals surface area contributed by atoms with E-state index in [9.17, 15) is 0 Å². The van der Waals surface area contributed by atoms with Gasteiger partial charge in [-0.05, 0) is 50.1 Å². The maximum Gasteiger partial charge on any atom is 0.122 e. The van der Waals surface area contributed by atoms with Crippen LogP contribution in [-0.2, 0) is 6.42 Å². The Bertz CT molecular complexity index is 421. The second-order valence-electron chi connectivity index (χ2n) is 4.39. The second-order valence-corrected chi connectivity index (χ2v) is 4.39. The zero-order chi connectivity index (χ0) is 12.8. The summed E-state index contributed by atoms with van der Waals surface area (Å²) in [6, 6.07) is 6.40. The molecule has 0 heterocycles. The summed E-state index contributed by atoms with van der Waals surface area (Å²) in [7, 11) is 3.66. The number of benzene rings is 1. The lowest BCUT2D eigenvalue weighted by Gasteiger charge is -2.15. The van der Waals surface area contributed by atoms with Crippen molar-refractivity contribution in [3.05, 3.63) is 28.8 Å². The minimum atomic E-state index is 0.465. The van der Waals surface area contributed by atoms with Crippen molar-refractivity contribution in [3.8, 4) is 11.8 Å². The third kappa shape index (κ3) is 3.76. The number of hydrogen-bond acceptors (Lipinski definition) is 3. The molecule has 92 valence electrons. The van der Waals surface area contributed by atoms with E-state index in [1.165, 1.54) is 16.7 Å². The Balaban J connectivity index is 2.77. The quantitative estimate of drug-likeness (QED) is 0.731. The predicted octanol–water partition coefficient (Wildman–Crippen LogP) is 2.31. The molecule has 0 aliphatic carbocycles. The molecule has 0 aliphatic heterocycles. The molecule has 17 heavy (non-hydrogen) atoms. The van der Waals surface area contributed by atoms with Crippen LogP contribution in [0.4, 0.5) is 0 Å². The van der Waals surface area contributed by atoms with Crippen molar-refractivity contribution in [3.63, 3.8) is 0 Å². The van der Waals surface area contributed by atoms with Crippen LogP contribution in [0.3, 0.4) is 0 Å². The Morgan fingerprint density at radius 1 is 1.29 bits per heavy atom. The van der Waals surface area contributed by atoms with Gasteiger partial charge in [0.2, 0.25) is 0 Å². The highest BCUT2D eigenvalue weighted by molar-refractivity contribution is 5.41. The molecule has 0 N–H and O–H groups in total. The van der Waals surface area contributed by atoms with Crippen molar-refractivity contribution in [2.45, 2.75) is 20.3 Å². The van der Waals surface area contributed by atoms with Crippen LogP contribution in [0.5, 0.6) is 5.75 Å². The lowest BCUT2D eigenvalue weighted by molar-refractivity contribution is 0.370. The van der Waals surface area contributed by atoms with E-state index in [1.807, 2.05) is 11.9 Å². The number of ether oxygens (including phenoxy) is 1. The van der Waals surface area contributed by atoms with Gasteiger partial charge in [-0.2, -0.15) is 5.26 Å². The Morgan fingerprint density at radius 2 is 1.94 bits per heavy atom. The van der Waals surface area contributed by atoms with Gasteiger partial charge in [0.25, 0.3) is 0 Å². The summed E-state index contributed by atoms with van der Waals surface area (Å²) in [4.78, 5) is 2.01. The van der Waals surface area contributed by atoms with Gasteiger partial charge in [0.1, 0.15) is 5.75 Å². The molecule has 1 aromatic carbocycles. The maximum absolute atomic E-state index is 8.60. The average Bonchev–Trinajstić information content (AvgIpc) is 2.30. The third-order valence-electron chi connectivity index (χ3n) is 3.00. The molecule has 3 nitrogen and oxygen atoms in total. The molecule has 0 aliphatic rings. The average molecular weight is 232 g/mol. The monoisotopic (exact) mass is 232 g/mol. The molecule has 0 aromatic heterocycles. The van der Waals surface area contributed by atoms with E-state index < -0.39 is 0 Å². The zero-order valence-corrected chi connectivity index (χ0v) is 11.1. The Hall–Kier alpha value is -1.53. The Labute approximate surface area is 104 Å². The molecule has 3 heteroatoms. The molecule has 0 saturated heterocycles. The fraction of sp³-hybridized carbons (Fsp3) is 0.500. The van der Waals surface area contributed by atoms with Crippen molar-refractivity contribution in [2.24, 2.45) is 0 Å². The fourth-order valence-electron chi connectivity index (χ4n) is 1.75. The third-order valence-corrected chi connectivity index (χ3v) is 3.00. The number of aryl methyl sites for hydroxylation is 2. The normalized spacial score (nSPS) is 10.4. The van der Waals surface area contributed by atoms with Crippen LogP contribution in [0, 0.1) is 25.2 Å². The minimum Gasteiger partial charge on any atom is -0.496 e. The number of rotatable bonds is 5. The molecule has 0 radical (unpaired) electrons. The van der Waals surface area contributed by atoms with Crippen LogP contribution >= 0.6 is 0 Å². The number of nitriles is 1. The number of likely N-dealkylation sites (N-methyl/N-ethyl adjacent to an activating group) is 1. The number of nitrogens with zero attached hydrogens (tertiary/aromatic N) is 2. The Kier molecular flexibility index (Phi) is 4.99. The lowest BCUT2D eigenvalue weighted by Crippen LogP contribution is -2.21. The summed E-state index contributed by atoms with van der Waals surface area (Å²) < 4.78 is 5.39. The van der Waals surface area contributed by atoms with E-state index >= 15 is 0 Å². The first-order valence-electron chi connectivity index (χ1n) is 5.78. The molecule has 0 saturated carbocycles. The van der Waals surface area contributed by atoms with Gasteiger partial charge >= 0.3 is 0 Å².